The molecule has 0 bridgehead atoms. The average Bonchev–Trinajstić information content (AvgIpc) is 2.82. The predicted octanol–water partition coefficient (Wildman–Crippen LogP) is 2.79. The third-order valence-electron chi connectivity index (χ3n) is 2.44. The van der Waals surface area contributed by atoms with Gasteiger partial charge in [0, 0.05) is 5.38 Å². The summed E-state index contributed by atoms with van der Waals surface area (Å²) >= 11 is 1.50. The van der Waals surface area contributed by atoms with Crippen LogP contribution in [0.2, 0.25) is 0 Å². The number of hydrogen-bond acceptors (Lipinski definition) is 3. The molecule has 78 valence electrons. The highest BCUT2D eigenvalue weighted by Gasteiger charge is 2.11. The molecule has 1 aromatic heterocycles. The molecule has 0 amide bonds. The molecule has 2 aromatic rings. The highest BCUT2D eigenvalue weighted by atomic mass is 32.1. The molecule has 1 atom stereocenters. The van der Waals surface area contributed by atoms with E-state index in [1.807, 2.05) is 29.6 Å². The van der Waals surface area contributed by atoms with Crippen LogP contribution in [-0.4, -0.2) is 10.1 Å². The van der Waals surface area contributed by atoms with Crippen LogP contribution in [-0.2, 0) is 6.42 Å². The number of aliphatic hydroxyl groups excluding tert-OH is 1. The van der Waals surface area contributed by atoms with Crippen molar-refractivity contribution < 1.29 is 5.11 Å². The fourth-order valence-electron chi connectivity index (χ4n) is 1.46. The molecule has 0 aliphatic carbocycles. The standard InChI is InChI=1S/C12H13NOS/c1-2-9-3-5-10(6-4-9)12(14)11-7-15-8-13-11/h3-8,12,14H,2H2,1H3. The molecule has 0 saturated heterocycles. The largest absolute Gasteiger partial charge is 0.382 e. The van der Waals surface area contributed by atoms with Crippen molar-refractivity contribution in [3.05, 3.63) is 52.0 Å². The van der Waals surface area contributed by atoms with Crippen molar-refractivity contribution >= 4 is 11.3 Å². The first-order chi connectivity index (χ1) is 7.31. The van der Waals surface area contributed by atoms with Crippen molar-refractivity contribution in [3.63, 3.8) is 0 Å². The zero-order chi connectivity index (χ0) is 10.7. The van der Waals surface area contributed by atoms with Crippen molar-refractivity contribution in [2.75, 3.05) is 0 Å². The van der Waals surface area contributed by atoms with Gasteiger partial charge in [0.2, 0.25) is 0 Å². The first-order valence-corrected chi connectivity index (χ1v) is 5.90. The maximum absolute atomic E-state index is 9.99. The smallest absolute Gasteiger partial charge is 0.122 e. The van der Waals surface area contributed by atoms with Gasteiger partial charge in [-0.05, 0) is 17.5 Å². The summed E-state index contributed by atoms with van der Waals surface area (Å²) in [5.41, 5.74) is 4.64. The van der Waals surface area contributed by atoms with Gasteiger partial charge in [0.15, 0.2) is 0 Å². The molecule has 2 nitrogen and oxygen atoms in total. The zero-order valence-corrected chi connectivity index (χ0v) is 9.37. The van der Waals surface area contributed by atoms with E-state index in [4.69, 9.17) is 0 Å². The van der Waals surface area contributed by atoms with Crippen molar-refractivity contribution in [3.8, 4) is 0 Å². The van der Waals surface area contributed by atoms with E-state index in [0.29, 0.717) is 0 Å². The van der Waals surface area contributed by atoms with Crippen LogP contribution in [0.15, 0.2) is 35.2 Å². The van der Waals surface area contributed by atoms with Crippen LogP contribution in [0.25, 0.3) is 0 Å². The minimum absolute atomic E-state index is 0.595. The number of rotatable bonds is 3. The summed E-state index contributed by atoms with van der Waals surface area (Å²) in [4.78, 5) is 4.10. The molecule has 1 unspecified atom stereocenters. The first kappa shape index (κ1) is 10.3. The molecule has 0 aliphatic heterocycles. The molecule has 0 radical (unpaired) electrons. The van der Waals surface area contributed by atoms with Crippen LogP contribution >= 0.6 is 11.3 Å². The van der Waals surface area contributed by atoms with E-state index < -0.39 is 6.10 Å². The van der Waals surface area contributed by atoms with Gasteiger partial charge in [-0.3, -0.25) is 0 Å². The van der Waals surface area contributed by atoms with E-state index in [0.717, 1.165) is 17.7 Å². The quantitative estimate of drug-likeness (QED) is 0.861. The Bertz CT molecular complexity index is 408. The maximum Gasteiger partial charge on any atom is 0.122 e. The lowest BCUT2D eigenvalue weighted by molar-refractivity contribution is 0.216. The monoisotopic (exact) mass is 219 g/mol. The van der Waals surface area contributed by atoms with E-state index in [2.05, 4.69) is 11.9 Å². The summed E-state index contributed by atoms with van der Waals surface area (Å²) in [5, 5.41) is 11.9. The highest BCUT2D eigenvalue weighted by molar-refractivity contribution is 7.07. The number of aliphatic hydroxyl groups is 1. The molecule has 0 saturated carbocycles. The van der Waals surface area contributed by atoms with Gasteiger partial charge in [-0.25, -0.2) is 4.98 Å². The number of hydrogen-bond donors (Lipinski definition) is 1. The molecule has 3 heteroatoms. The van der Waals surface area contributed by atoms with Crippen molar-refractivity contribution in [2.45, 2.75) is 19.4 Å². The molecule has 0 spiro atoms. The number of aryl methyl sites for hydroxylation is 1. The van der Waals surface area contributed by atoms with E-state index in [1.165, 1.54) is 16.9 Å². The lowest BCUT2D eigenvalue weighted by atomic mass is 10.0. The first-order valence-electron chi connectivity index (χ1n) is 4.96. The Balaban J connectivity index is 2.22. The lowest BCUT2D eigenvalue weighted by Gasteiger charge is -2.08. The summed E-state index contributed by atoms with van der Waals surface area (Å²) < 4.78 is 0. The molecular weight excluding hydrogens is 206 g/mol. The predicted molar refractivity (Wildman–Crippen MR) is 62.0 cm³/mol. The summed E-state index contributed by atoms with van der Waals surface area (Å²) in [7, 11) is 0. The number of aromatic nitrogens is 1. The van der Waals surface area contributed by atoms with E-state index in [-0.39, 0.29) is 0 Å². The van der Waals surface area contributed by atoms with Gasteiger partial charge in [0.25, 0.3) is 0 Å². The minimum Gasteiger partial charge on any atom is -0.382 e. The Labute approximate surface area is 93.2 Å². The van der Waals surface area contributed by atoms with Gasteiger partial charge in [0.05, 0.1) is 11.2 Å². The van der Waals surface area contributed by atoms with Crippen molar-refractivity contribution in [2.24, 2.45) is 0 Å². The third-order valence-corrected chi connectivity index (χ3v) is 3.04. The Morgan fingerprint density at radius 2 is 2.07 bits per heavy atom. The fraction of sp³-hybridized carbons (Fsp3) is 0.250. The van der Waals surface area contributed by atoms with Gasteiger partial charge in [-0.2, -0.15) is 0 Å². The van der Waals surface area contributed by atoms with Crippen LogP contribution in [0, 0.1) is 0 Å². The average molecular weight is 219 g/mol. The number of thiazole rings is 1. The molecule has 15 heavy (non-hydrogen) atoms. The van der Waals surface area contributed by atoms with Gasteiger partial charge in [-0.15, -0.1) is 11.3 Å². The highest BCUT2D eigenvalue weighted by Crippen LogP contribution is 2.21. The molecule has 1 N–H and O–H groups in total. The van der Waals surface area contributed by atoms with Crippen LogP contribution < -0.4 is 0 Å². The molecule has 2 rings (SSSR count). The lowest BCUT2D eigenvalue weighted by Crippen LogP contribution is -1.99. The van der Waals surface area contributed by atoms with Gasteiger partial charge in [0.1, 0.15) is 6.10 Å². The van der Waals surface area contributed by atoms with Crippen molar-refractivity contribution in [1.29, 1.82) is 0 Å². The summed E-state index contributed by atoms with van der Waals surface area (Å²) in [6.45, 7) is 2.12. The minimum atomic E-state index is -0.595. The van der Waals surface area contributed by atoms with Crippen LogP contribution in [0.5, 0.6) is 0 Å². The molecule has 0 fully saturated rings. The van der Waals surface area contributed by atoms with E-state index in [9.17, 15) is 5.11 Å². The Hall–Kier alpha value is -1.19. The third kappa shape index (κ3) is 2.25. The maximum atomic E-state index is 9.99. The normalized spacial score (nSPS) is 12.7. The Kier molecular flexibility index (Phi) is 3.14. The SMILES string of the molecule is CCc1ccc(C(O)c2cscn2)cc1. The van der Waals surface area contributed by atoms with Crippen LogP contribution in [0.3, 0.4) is 0 Å². The van der Waals surface area contributed by atoms with Gasteiger partial charge < -0.3 is 5.11 Å². The second-order valence-electron chi connectivity index (χ2n) is 3.41. The van der Waals surface area contributed by atoms with Crippen LogP contribution in [0.4, 0.5) is 0 Å². The van der Waals surface area contributed by atoms with Gasteiger partial charge >= 0.3 is 0 Å². The Morgan fingerprint density at radius 1 is 1.33 bits per heavy atom. The van der Waals surface area contributed by atoms with Crippen LogP contribution in [0.1, 0.15) is 29.8 Å². The van der Waals surface area contributed by atoms with E-state index in [1.54, 1.807) is 5.51 Å². The topological polar surface area (TPSA) is 33.1 Å². The summed E-state index contributed by atoms with van der Waals surface area (Å²) in [6, 6.07) is 8.02. The summed E-state index contributed by atoms with van der Waals surface area (Å²) in [6.07, 6.45) is 0.426. The molecule has 0 aliphatic rings. The van der Waals surface area contributed by atoms with E-state index >= 15 is 0 Å². The molecular formula is C12H13NOS. The molecule has 1 aromatic carbocycles. The zero-order valence-electron chi connectivity index (χ0n) is 8.55. The second-order valence-corrected chi connectivity index (χ2v) is 4.13. The fourth-order valence-corrected chi connectivity index (χ4v) is 2.04. The molecule has 1 heterocycles. The number of benzene rings is 1. The van der Waals surface area contributed by atoms with Gasteiger partial charge in [-0.1, -0.05) is 31.2 Å². The summed E-state index contributed by atoms with van der Waals surface area (Å²) in [5.74, 6) is 0. The Morgan fingerprint density at radius 3 is 2.60 bits per heavy atom. The van der Waals surface area contributed by atoms with Crippen molar-refractivity contribution in [1.82, 2.24) is 4.98 Å². The number of nitrogens with zero attached hydrogens (tertiary/aromatic N) is 1. The second kappa shape index (κ2) is 4.55.